The zero-order valence-electron chi connectivity index (χ0n) is 17.3. The first-order valence-electron chi connectivity index (χ1n) is 9.92. The Morgan fingerprint density at radius 2 is 1.72 bits per heavy atom. The van der Waals surface area contributed by atoms with Crippen LogP contribution in [-0.4, -0.2) is 34.0 Å². The van der Waals surface area contributed by atoms with Crippen LogP contribution in [0.4, 0.5) is 0 Å². The van der Waals surface area contributed by atoms with E-state index in [0.29, 0.717) is 27.3 Å². The molecule has 4 rings (SSSR count). The molecule has 0 saturated carbocycles. The number of H-pyrrole nitrogens is 1. The lowest BCUT2D eigenvalue weighted by Gasteiger charge is -2.19. The second-order valence-corrected chi connectivity index (χ2v) is 8.30. The van der Waals surface area contributed by atoms with Crippen LogP contribution >= 0.6 is 23.4 Å². The normalized spacial score (nSPS) is 10.8. The van der Waals surface area contributed by atoms with Crippen molar-refractivity contribution in [1.82, 2.24) is 20.5 Å². The second kappa shape index (κ2) is 10.3. The number of hydrogen-bond acceptors (Lipinski definition) is 5. The molecule has 0 atom stereocenters. The van der Waals surface area contributed by atoms with E-state index in [4.69, 9.17) is 16.3 Å². The van der Waals surface area contributed by atoms with E-state index in [0.717, 1.165) is 11.1 Å². The number of amides is 1. The SMILES string of the molecule is COc1ccc(Cl)cc1-c1nc(SCC(=O)NC(c2ccccc2)c2ccccc2)n[nH]1. The molecule has 6 nitrogen and oxygen atoms in total. The first-order chi connectivity index (χ1) is 15.6. The fraction of sp³-hybridized carbons (Fsp3) is 0.125. The zero-order chi connectivity index (χ0) is 22.3. The van der Waals surface area contributed by atoms with Crippen molar-refractivity contribution in [2.45, 2.75) is 11.2 Å². The van der Waals surface area contributed by atoms with Gasteiger partial charge in [0.15, 0.2) is 5.82 Å². The molecule has 0 fully saturated rings. The molecule has 0 radical (unpaired) electrons. The fourth-order valence-corrected chi connectivity index (χ4v) is 4.06. The first-order valence-corrected chi connectivity index (χ1v) is 11.3. The number of thioether (sulfide) groups is 1. The minimum atomic E-state index is -0.232. The van der Waals surface area contributed by atoms with Crippen LogP contribution in [0.3, 0.4) is 0 Å². The fourth-order valence-electron chi connectivity index (χ4n) is 3.28. The van der Waals surface area contributed by atoms with Crippen molar-refractivity contribution in [2.75, 3.05) is 12.9 Å². The van der Waals surface area contributed by atoms with Crippen LogP contribution in [0.25, 0.3) is 11.4 Å². The van der Waals surface area contributed by atoms with Crippen LogP contribution in [0.1, 0.15) is 17.2 Å². The quantitative estimate of drug-likeness (QED) is 0.353. The molecule has 2 N–H and O–H groups in total. The van der Waals surface area contributed by atoms with Crippen molar-refractivity contribution < 1.29 is 9.53 Å². The third kappa shape index (κ3) is 5.30. The van der Waals surface area contributed by atoms with Crippen molar-refractivity contribution in [3.05, 3.63) is 95.0 Å². The van der Waals surface area contributed by atoms with Gasteiger partial charge in [0, 0.05) is 5.02 Å². The highest BCUT2D eigenvalue weighted by molar-refractivity contribution is 7.99. The monoisotopic (exact) mass is 464 g/mol. The summed E-state index contributed by atoms with van der Waals surface area (Å²) in [6.07, 6.45) is 0. The van der Waals surface area contributed by atoms with Gasteiger partial charge in [-0.2, -0.15) is 0 Å². The number of nitrogens with zero attached hydrogens (tertiary/aromatic N) is 2. The Kier molecular flexibility index (Phi) is 7.09. The van der Waals surface area contributed by atoms with Gasteiger partial charge in [0.05, 0.1) is 24.5 Å². The van der Waals surface area contributed by atoms with Gasteiger partial charge in [0.25, 0.3) is 0 Å². The van der Waals surface area contributed by atoms with Crippen LogP contribution in [0.2, 0.25) is 5.02 Å². The molecule has 162 valence electrons. The summed E-state index contributed by atoms with van der Waals surface area (Å²) in [6, 6.07) is 24.8. The number of aromatic amines is 1. The minimum absolute atomic E-state index is 0.112. The van der Waals surface area contributed by atoms with E-state index in [1.54, 1.807) is 25.3 Å². The van der Waals surface area contributed by atoms with Crippen molar-refractivity contribution >= 4 is 29.3 Å². The second-order valence-electron chi connectivity index (χ2n) is 6.92. The summed E-state index contributed by atoms with van der Waals surface area (Å²) in [5.41, 5.74) is 2.74. The van der Waals surface area contributed by atoms with Gasteiger partial charge >= 0.3 is 0 Å². The van der Waals surface area contributed by atoms with Gasteiger partial charge in [0.1, 0.15) is 5.75 Å². The number of ether oxygens (including phenoxy) is 1. The van der Waals surface area contributed by atoms with Crippen molar-refractivity contribution in [3.63, 3.8) is 0 Å². The Bertz CT molecular complexity index is 1150. The van der Waals surface area contributed by atoms with Crippen LogP contribution in [-0.2, 0) is 4.79 Å². The van der Waals surface area contributed by atoms with E-state index >= 15 is 0 Å². The summed E-state index contributed by atoms with van der Waals surface area (Å²) in [7, 11) is 1.58. The average Bonchev–Trinajstić information content (AvgIpc) is 3.31. The predicted molar refractivity (Wildman–Crippen MR) is 127 cm³/mol. The van der Waals surface area contributed by atoms with E-state index in [1.807, 2.05) is 60.7 Å². The lowest BCUT2D eigenvalue weighted by molar-refractivity contribution is -0.119. The minimum Gasteiger partial charge on any atom is -0.496 e. The molecular weight excluding hydrogens is 444 g/mol. The number of hydrogen-bond donors (Lipinski definition) is 2. The molecule has 4 aromatic rings. The number of aromatic nitrogens is 3. The third-order valence-electron chi connectivity index (χ3n) is 4.79. The lowest BCUT2D eigenvalue weighted by Crippen LogP contribution is -2.30. The van der Waals surface area contributed by atoms with E-state index in [2.05, 4.69) is 20.5 Å². The van der Waals surface area contributed by atoms with Gasteiger partial charge < -0.3 is 10.1 Å². The summed E-state index contributed by atoms with van der Waals surface area (Å²) in [4.78, 5) is 17.2. The molecule has 0 bridgehead atoms. The summed E-state index contributed by atoms with van der Waals surface area (Å²) in [6.45, 7) is 0. The van der Waals surface area contributed by atoms with Gasteiger partial charge in [-0.1, -0.05) is 84.0 Å². The standard InChI is InChI=1S/C24H21ClN4O2S/c1-31-20-13-12-18(25)14-19(20)23-27-24(29-28-23)32-15-21(30)26-22(16-8-4-2-5-9-16)17-10-6-3-7-11-17/h2-14,22H,15H2,1H3,(H,26,30)(H,27,28,29). The largest absolute Gasteiger partial charge is 0.496 e. The van der Waals surface area contributed by atoms with Gasteiger partial charge in [0.2, 0.25) is 11.1 Å². The third-order valence-corrected chi connectivity index (χ3v) is 5.87. The first kappa shape index (κ1) is 21.9. The number of halogens is 1. The molecule has 0 aliphatic rings. The number of carbonyl (C=O) groups is 1. The summed E-state index contributed by atoms with van der Waals surface area (Å²) >= 11 is 7.36. The molecule has 0 saturated heterocycles. The van der Waals surface area contributed by atoms with Crippen LogP contribution in [0.5, 0.6) is 5.75 Å². The smallest absolute Gasteiger partial charge is 0.231 e. The number of rotatable bonds is 8. The van der Waals surface area contributed by atoms with Crippen molar-refractivity contribution in [3.8, 4) is 17.1 Å². The Morgan fingerprint density at radius 3 is 2.34 bits per heavy atom. The number of benzene rings is 3. The molecule has 32 heavy (non-hydrogen) atoms. The van der Waals surface area contributed by atoms with Gasteiger partial charge in [-0.25, -0.2) is 4.98 Å². The van der Waals surface area contributed by atoms with Crippen LogP contribution < -0.4 is 10.1 Å². The van der Waals surface area contributed by atoms with Gasteiger partial charge in [-0.05, 0) is 29.3 Å². The molecule has 0 aliphatic carbocycles. The Morgan fingerprint density at radius 1 is 1.06 bits per heavy atom. The molecule has 1 heterocycles. The van der Waals surface area contributed by atoms with Crippen molar-refractivity contribution in [1.29, 1.82) is 0 Å². The Hall–Kier alpha value is -3.29. The zero-order valence-corrected chi connectivity index (χ0v) is 18.9. The molecule has 8 heteroatoms. The van der Waals surface area contributed by atoms with Crippen LogP contribution in [0.15, 0.2) is 84.0 Å². The molecule has 3 aromatic carbocycles. The highest BCUT2D eigenvalue weighted by Crippen LogP contribution is 2.31. The maximum Gasteiger partial charge on any atom is 0.231 e. The van der Waals surface area contributed by atoms with Gasteiger partial charge in [-0.15, -0.1) is 5.10 Å². The highest BCUT2D eigenvalue weighted by Gasteiger charge is 2.18. The maximum absolute atomic E-state index is 12.8. The predicted octanol–water partition coefficient (Wildman–Crippen LogP) is 5.13. The lowest BCUT2D eigenvalue weighted by atomic mass is 9.99. The Balaban J connectivity index is 1.44. The molecular formula is C24H21ClN4O2S. The average molecular weight is 465 g/mol. The molecule has 0 spiro atoms. The van der Waals surface area contributed by atoms with E-state index in [-0.39, 0.29) is 17.7 Å². The number of methoxy groups -OCH3 is 1. The maximum atomic E-state index is 12.8. The number of carbonyl (C=O) groups excluding carboxylic acids is 1. The van der Waals surface area contributed by atoms with Gasteiger partial charge in [-0.3, -0.25) is 9.89 Å². The molecule has 0 unspecified atom stereocenters. The topological polar surface area (TPSA) is 79.9 Å². The Labute approximate surface area is 195 Å². The van der Waals surface area contributed by atoms with Crippen LogP contribution in [0, 0.1) is 0 Å². The van der Waals surface area contributed by atoms with Crippen molar-refractivity contribution in [2.24, 2.45) is 0 Å². The van der Waals surface area contributed by atoms with E-state index < -0.39 is 0 Å². The summed E-state index contributed by atoms with van der Waals surface area (Å²) < 4.78 is 5.37. The highest BCUT2D eigenvalue weighted by atomic mass is 35.5. The molecule has 1 aromatic heterocycles. The van der Waals surface area contributed by atoms with E-state index in [9.17, 15) is 4.79 Å². The molecule has 0 aliphatic heterocycles. The number of nitrogens with one attached hydrogen (secondary N) is 2. The molecule has 1 amide bonds. The summed E-state index contributed by atoms with van der Waals surface area (Å²) in [5, 5.41) is 11.3. The van der Waals surface area contributed by atoms with E-state index in [1.165, 1.54) is 11.8 Å². The summed E-state index contributed by atoms with van der Waals surface area (Å²) in [5.74, 6) is 1.23.